The van der Waals surface area contributed by atoms with Crippen LogP contribution in [0.3, 0.4) is 0 Å². The van der Waals surface area contributed by atoms with Gasteiger partial charge in [0.1, 0.15) is 0 Å². The van der Waals surface area contributed by atoms with Crippen molar-refractivity contribution in [1.29, 1.82) is 0 Å². The van der Waals surface area contributed by atoms with E-state index in [4.69, 9.17) is 5.73 Å². The van der Waals surface area contributed by atoms with E-state index in [9.17, 15) is 0 Å². The number of aryl methyl sites for hydroxylation is 2. The molecule has 1 rings (SSSR count). The molecule has 0 saturated carbocycles. The van der Waals surface area contributed by atoms with E-state index in [0.717, 1.165) is 12.1 Å². The molecular formula is C14H25N3S2. The van der Waals surface area contributed by atoms with E-state index in [1.807, 2.05) is 13.1 Å². The summed E-state index contributed by atoms with van der Waals surface area (Å²) in [6, 6.07) is 0. The van der Waals surface area contributed by atoms with Crippen LogP contribution >= 0.6 is 23.5 Å². The predicted molar refractivity (Wildman–Crippen MR) is 88.8 cm³/mol. The Morgan fingerprint density at radius 3 is 2.37 bits per heavy atom. The Bertz CT molecular complexity index is 364. The lowest BCUT2D eigenvalue weighted by Crippen LogP contribution is -2.05. The average Bonchev–Trinajstić information content (AvgIpc) is 2.39. The lowest BCUT2D eigenvalue weighted by molar-refractivity contribution is 0.870. The molecule has 0 aliphatic heterocycles. The molecule has 0 fully saturated rings. The molecule has 5 heteroatoms. The van der Waals surface area contributed by atoms with Gasteiger partial charge in [0, 0.05) is 11.9 Å². The van der Waals surface area contributed by atoms with Gasteiger partial charge < -0.3 is 5.73 Å². The number of thioether (sulfide) groups is 2. The highest BCUT2D eigenvalue weighted by Crippen LogP contribution is 2.29. The number of nitrogen functional groups attached to an aromatic ring is 1. The van der Waals surface area contributed by atoms with Crippen molar-refractivity contribution in [2.75, 3.05) is 17.2 Å². The first-order chi connectivity index (χ1) is 9.17. The van der Waals surface area contributed by atoms with Crippen molar-refractivity contribution in [3.8, 4) is 0 Å². The van der Waals surface area contributed by atoms with Crippen LogP contribution in [-0.2, 0) is 6.42 Å². The molecule has 0 saturated heterocycles. The molecule has 0 amide bonds. The molecule has 1 aromatic rings. The van der Waals surface area contributed by atoms with Crippen molar-refractivity contribution < 1.29 is 0 Å². The molecule has 0 bridgehead atoms. The van der Waals surface area contributed by atoms with Gasteiger partial charge in [-0.3, -0.25) is 0 Å². The lowest BCUT2D eigenvalue weighted by Gasteiger charge is -2.16. The first kappa shape index (κ1) is 16.6. The number of nitrogens with zero attached hydrogens (tertiary/aromatic N) is 2. The van der Waals surface area contributed by atoms with Crippen LogP contribution in [-0.4, -0.2) is 26.1 Å². The number of hydrogen-bond donors (Lipinski definition) is 1. The van der Waals surface area contributed by atoms with Crippen molar-refractivity contribution in [3.63, 3.8) is 0 Å². The second-order valence-corrected chi connectivity index (χ2v) is 7.47. The van der Waals surface area contributed by atoms with E-state index in [2.05, 4.69) is 47.3 Å². The smallest absolute Gasteiger partial charge is 0.220 e. The summed E-state index contributed by atoms with van der Waals surface area (Å²) in [6.45, 7) is 6.50. The molecular weight excluding hydrogens is 274 g/mol. The lowest BCUT2D eigenvalue weighted by atomic mass is 10.1. The highest BCUT2D eigenvalue weighted by molar-refractivity contribution is 8.17. The highest BCUT2D eigenvalue weighted by Gasteiger charge is 2.11. The molecule has 0 atom stereocenters. The summed E-state index contributed by atoms with van der Waals surface area (Å²) in [4.78, 5) is 8.32. The average molecular weight is 300 g/mol. The molecule has 1 heterocycles. The maximum Gasteiger partial charge on any atom is 0.220 e. The molecule has 19 heavy (non-hydrogen) atoms. The van der Waals surface area contributed by atoms with Crippen LogP contribution in [0, 0.1) is 6.92 Å². The molecule has 0 aromatic carbocycles. The zero-order chi connectivity index (χ0) is 14.1. The Kier molecular flexibility index (Phi) is 8.30. The van der Waals surface area contributed by atoms with Crippen LogP contribution in [0.15, 0.2) is 6.20 Å². The van der Waals surface area contributed by atoms with E-state index in [1.165, 1.54) is 36.3 Å². The Balaban J connectivity index is 2.49. The number of nitrogens with two attached hydrogens (primary N) is 1. The third-order valence-electron chi connectivity index (χ3n) is 2.76. The molecule has 0 spiro atoms. The molecule has 108 valence electrons. The minimum atomic E-state index is 0.374. The zero-order valence-electron chi connectivity index (χ0n) is 12.2. The Morgan fingerprint density at radius 2 is 1.84 bits per heavy atom. The Labute approximate surface area is 125 Å². The minimum Gasteiger partial charge on any atom is -0.368 e. The number of hydrogen-bond acceptors (Lipinski definition) is 5. The van der Waals surface area contributed by atoms with Gasteiger partial charge in [-0.25, -0.2) is 9.97 Å². The second kappa shape index (κ2) is 9.48. The van der Waals surface area contributed by atoms with E-state index >= 15 is 0 Å². The van der Waals surface area contributed by atoms with Gasteiger partial charge in [0.05, 0.1) is 4.58 Å². The molecule has 0 aliphatic carbocycles. The van der Waals surface area contributed by atoms with Crippen molar-refractivity contribution in [3.05, 3.63) is 17.5 Å². The van der Waals surface area contributed by atoms with Gasteiger partial charge in [-0.15, -0.1) is 23.5 Å². The van der Waals surface area contributed by atoms with Gasteiger partial charge >= 0.3 is 0 Å². The topological polar surface area (TPSA) is 51.8 Å². The van der Waals surface area contributed by atoms with Crippen molar-refractivity contribution in [2.45, 2.75) is 51.0 Å². The summed E-state index contributed by atoms with van der Waals surface area (Å²) in [5.41, 5.74) is 7.84. The molecule has 0 unspecified atom stereocenters. The molecule has 0 radical (unpaired) electrons. The van der Waals surface area contributed by atoms with E-state index in [0.29, 0.717) is 10.5 Å². The Morgan fingerprint density at radius 1 is 1.21 bits per heavy atom. The van der Waals surface area contributed by atoms with Gasteiger partial charge in [-0.2, -0.15) is 0 Å². The quantitative estimate of drug-likeness (QED) is 0.701. The third-order valence-corrected chi connectivity index (χ3v) is 6.08. The summed E-state index contributed by atoms with van der Waals surface area (Å²) in [5.74, 6) is 2.87. The van der Waals surface area contributed by atoms with Crippen LogP contribution in [0.1, 0.15) is 44.4 Å². The molecule has 0 aliphatic rings. The maximum absolute atomic E-state index is 5.58. The largest absolute Gasteiger partial charge is 0.368 e. The fourth-order valence-electron chi connectivity index (χ4n) is 1.74. The monoisotopic (exact) mass is 299 g/mol. The first-order valence-electron chi connectivity index (χ1n) is 6.98. The zero-order valence-corrected chi connectivity index (χ0v) is 13.8. The fourth-order valence-corrected chi connectivity index (χ4v) is 4.27. The summed E-state index contributed by atoms with van der Waals surface area (Å²) < 4.78 is 0.692. The summed E-state index contributed by atoms with van der Waals surface area (Å²) in [5, 5.41) is 0. The van der Waals surface area contributed by atoms with E-state index in [1.54, 1.807) is 0 Å². The first-order valence-corrected chi connectivity index (χ1v) is 9.08. The van der Waals surface area contributed by atoms with Crippen LogP contribution < -0.4 is 5.73 Å². The van der Waals surface area contributed by atoms with Crippen molar-refractivity contribution in [1.82, 2.24) is 9.97 Å². The van der Waals surface area contributed by atoms with E-state index < -0.39 is 0 Å². The van der Waals surface area contributed by atoms with Gasteiger partial charge in [-0.1, -0.05) is 13.8 Å². The van der Waals surface area contributed by atoms with Crippen molar-refractivity contribution >= 4 is 29.5 Å². The van der Waals surface area contributed by atoms with E-state index in [-0.39, 0.29) is 0 Å². The number of rotatable bonds is 9. The summed E-state index contributed by atoms with van der Waals surface area (Å²) >= 11 is 4.17. The molecule has 2 N–H and O–H groups in total. The highest BCUT2D eigenvalue weighted by atomic mass is 32.2. The van der Waals surface area contributed by atoms with Gasteiger partial charge in [0.25, 0.3) is 0 Å². The molecule has 3 nitrogen and oxygen atoms in total. The number of aromatic nitrogens is 2. The van der Waals surface area contributed by atoms with Crippen LogP contribution in [0.4, 0.5) is 5.95 Å². The van der Waals surface area contributed by atoms with Crippen molar-refractivity contribution in [2.24, 2.45) is 0 Å². The second-order valence-electron chi connectivity index (χ2n) is 4.55. The van der Waals surface area contributed by atoms with Gasteiger partial charge in [-0.05, 0) is 49.7 Å². The normalized spacial score (nSPS) is 11.2. The summed E-state index contributed by atoms with van der Waals surface area (Å²) in [6.07, 6.45) is 6.60. The summed E-state index contributed by atoms with van der Waals surface area (Å²) in [7, 11) is 0. The fraction of sp³-hybridized carbons (Fsp3) is 0.714. The maximum atomic E-state index is 5.58. The van der Waals surface area contributed by atoms with Crippen LogP contribution in [0.5, 0.6) is 0 Å². The molecule has 1 aromatic heterocycles. The third kappa shape index (κ3) is 6.52. The Hall–Kier alpha value is -0.420. The standard InChI is InChI=1S/C14H25N3S2/c1-4-8-18-13(19-9-5-2)7-6-12-10-16-14(15)17-11(12)3/h10,13H,4-9H2,1-3H3,(H2,15,16,17). The SMILES string of the molecule is CCCSC(CCc1cnc(N)nc1C)SCCC. The minimum absolute atomic E-state index is 0.374. The van der Waals surface area contributed by atoms with Gasteiger partial charge in [0.15, 0.2) is 0 Å². The van der Waals surface area contributed by atoms with Crippen LogP contribution in [0.25, 0.3) is 0 Å². The predicted octanol–water partition coefficient (Wildman–Crippen LogP) is 3.91. The van der Waals surface area contributed by atoms with Crippen LogP contribution in [0.2, 0.25) is 0 Å². The van der Waals surface area contributed by atoms with Gasteiger partial charge in [0.2, 0.25) is 5.95 Å². The number of anilines is 1.